The summed E-state index contributed by atoms with van der Waals surface area (Å²) in [5.41, 5.74) is 0.117. The molecule has 0 radical (unpaired) electrons. The van der Waals surface area contributed by atoms with Gasteiger partial charge in [-0.1, -0.05) is 12.8 Å². The number of rotatable bonds is 1. The van der Waals surface area contributed by atoms with Crippen molar-refractivity contribution >= 4 is 18.4 Å². The zero-order chi connectivity index (χ0) is 8.60. The van der Waals surface area contributed by atoms with Gasteiger partial charge in [-0.15, -0.1) is 12.4 Å². The van der Waals surface area contributed by atoms with Crippen LogP contribution < -0.4 is 5.32 Å². The Hall–Kier alpha value is -0.280. The first-order chi connectivity index (χ1) is 5.75. The van der Waals surface area contributed by atoms with Crippen molar-refractivity contribution in [1.29, 1.82) is 0 Å². The lowest BCUT2D eigenvalue weighted by atomic mass is 9.79. The molecule has 1 heterocycles. The van der Waals surface area contributed by atoms with E-state index in [1.165, 1.54) is 12.8 Å². The lowest BCUT2D eigenvalue weighted by Gasteiger charge is -2.26. The van der Waals surface area contributed by atoms with Gasteiger partial charge in [-0.25, -0.2) is 0 Å². The van der Waals surface area contributed by atoms with Gasteiger partial charge in [0.05, 0.1) is 0 Å². The van der Waals surface area contributed by atoms with Gasteiger partial charge in [0.1, 0.15) is 6.04 Å². The highest BCUT2D eigenvalue weighted by Gasteiger charge is 2.47. The third-order valence-corrected chi connectivity index (χ3v) is 3.43. The number of carboxylic acid groups (broad SMARTS) is 1. The van der Waals surface area contributed by atoms with E-state index in [-0.39, 0.29) is 23.9 Å². The number of hydrogen-bond donors (Lipinski definition) is 2. The SMILES string of the molecule is Cl.O=C(O)C1NCCC12CCCC2. The first kappa shape index (κ1) is 10.8. The first-order valence-corrected chi connectivity index (χ1v) is 4.71. The Bertz CT molecular complexity index is 196. The number of halogens is 1. The van der Waals surface area contributed by atoms with Gasteiger partial charge in [-0.2, -0.15) is 0 Å². The fourth-order valence-electron chi connectivity index (χ4n) is 2.79. The Morgan fingerprint density at radius 2 is 1.92 bits per heavy atom. The molecule has 0 amide bonds. The highest BCUT2D eigenvalue weighted by atomic mass is 35.5. The Morgan fingerprint density at radius 1 is 1.31 bits per heavy atom. The van der Waals surface area contributed by atoms with Crippen molar-refractivity contribution in [1.82, 2.24) is 5.32 Å². The van der Waals surface area contributed by atoms with Crippen LogP contribution in [-0.4, -0.2) is 23.7 Å². The maximum atomic E-state index is 10.9. The third kappa shape index (κ3) is 1.67. The van der Waals surface area contributed by atoms with Crippen molar-refractivity contribution in [2.75, 3.05) is 6.54 Å². The van der Waals surface area contributed by atoms with E-state index in [9.17, 15) is 4.79 Å². The predicted molar refractivity (Wildman–Crippen MR) is 52.2 cm³/mol. The Balaban J connectivity index is 0.000000845. The fraction of sp³-hybridized carbons (Fsp3) is 0.889. The molecule has 2 aliphatic rings. The summed E-state index contributed by atoms with van der Waals surface area (Å²) in [5, 5.41) is 12.1. The maximum Gasteiger partial charge on any atom is 0.321 e. The normalized spacial score (nSPS) is 30.3. The van der Waals surface area contributed by atoms with Gasteiger partial charge in [-0.3, -0.25) is 4.79 Å². The van der Waals surface area contributed by atoms with Crippen LogP contribution in [0.15, 0.2) is 0 Å². The molecule has 0 aromatic heterocycles. The highest BCUT2D eigenvalue weighted by Crippen LogP contribution is 2.46. The van der Waals surface area contributed by atoms with Crippen LogP contribution in [0.5, 0.6) is 0 Å². The fourth-order valence-corrected chi connectivity index (χ4v) is 2.79. The minimum Gasteiger partial charge on any atom is -0.480 e. The Kier molecular flexibility index (Phi) is 3.19. The second-order valence-electron chi connectivity index (χ2n) is 4.04. The van der Waals surface area contributed by atoms with Crippen molar-refractivity contribution in [2.24, 2.45) is 5.41 Å². The topological polar surface area (TPSA) is 49.3 Å². The van der Waals surface area contributed by atoms with Crippen LogP contribution in [0.25, 0.3) is 0 Å². The summed E-state index contributed by atoms with van der Waals surface area (Å²) in [4.78, 5) is 10.9. The first-order valence-electron chi connectivity index (χ1n) is 4.71. The van der Waals surface area contributed by atoms with E-state index in [4.69, 9.17) is 5.11 Å². The van der Waals surface area contributed by atoms with Crippen molar-refractivity contribution in [3.05, 3.63) is 0 Å². The van der Waals surface area contributed by atoms with Gasteiger partial charge in [0.2, 0.25) is 0 Å². The summed E-state index contributed by atoms with van der Waals surface area (Å²) in [6, 6.07) is -0.264. The largest absolute Gasteiger partial charge is 0.480 e. The summed E-state index contributed by atoms with van der Waals surface area (Å²) >= 11 is 0. The highest BCUT2D eigenvalue weighted by molar-refractivity contribution is 5.85. The molecule has 0 aromatic carbocycles. The van der Waals surface area contributed by atoms with Crippen LogP contribution in [-0.2, 0) is 4.79 Å². The van der Waals surface area contributed by atoms with Crippen LogP contribution in [0.3, 0.4) is 0 Å². The molecule has 1 spiro atoms. The van der Waals surface area contributed by atoms with E-state index < -0.39 is 5.97 Å². The molecule has 0 bridgehead atoms. The van der Waals surface area contributed by atoms with E-state index in [0.717, 1.165) is 25.8 Å². The maximum absolute atomic E-state index is 10.9. The molecule has 3 nitrogen and oxygen atoms in total. The van der Waals surface area contributed by atoms with E-state index in [1.807, 2.05) is 0 Å². The molecule has 1 aliphatic heterocycles. The smallest absolute Gasteiger partial charge is 0.321 e. The number of carboxylic acids is 1. The molecule has 1 atom stereocenters. The Labute approximate surface area is 84.3 Å². The molecule has 2 rings (SSSR count). The lowest BCUT2D eigenvalue weighted by Crippen LogP contribution is -2.41. The average molecular weight is 206 g/mol. The molecule has 2 N–H and O–H groups in total. The number of carbonyl (C=O) groups is 1. The van der Waals surface area contributed by atoms with Crippen LogP contribution >= 0.6 is 12.4 Å². The summed E-state index contributed by atoms with van der Waals surface area (Å²) in [5.74, 6) is -0.658. The molecule has 76 valence electrons. The molecule has 13 heavy (non-hydrogen) atoms. The van der Waals surface area contributed by atoms with Crippen LogP contribution in [0, 0.1) is 5.41 Å². The van der Waals surface area contributed by atoms with Crippen molar-refractivity contribution in [3.63, 3.8) is 0 Å². The van der Waals surface area contributed by atoms with Gasteiger partial charge < -0.3 is 10.4 Å². The summed E-state index contributed by atoms with van der Waals surface area (Å²) in [7, 11) is 0. The molecule has 1 unspecified atom stereocenters. The standard InChI is InChI=1S/C9H15NO2.ClH/c11-8(12)7-9(5-6-10-7)3-1-2-4-9;/h7,10H,1-6H2,(H,11,12);1H. The predicted octanol–water partition coefficient (Wildman–Crippen LogP) is 1.42. The zero-order valence-corrected chi connectivity index (χ0v) is 8.40. The van der Waals surface area contributed by atoms with Gasteiger partial charge in [-0.05, 0) is 31.2 Å². The molecule has 4 heteroatoms. The Morgan fingerprint density at radius 3 is 2.46 bits per heavy atom. The van der Waals surface area contributed by atoms with E-state index in [2.05, 4.69) is 5.32 Å². The van der Waals surface area contributed by atoms with Gasteiger partial charge in [0.15, 0.2) is 0 Å². The van der Waals surface area contributed by atoms with Crippen molar-refractivity contribution in [2.45, 2.75) is 38.1 Å². The second kappa shape index (κ2) is 3.84. The zero-order valence-electron chi connectivity index (χ0n) is 7.58. The van der Waals surface area contributed by atoms with E-state index in [1.54, 1.807) is 0 Å². The minimum absolute atomic E-state index is 0. The van der Waals surface area contributed by atoms with Crippen LogP contribution in [0.1, 0.15) is 32.1 Å². The number of aliphatic carboxylic acids is 1. The minimum atomic E-state index is -0.658. The summed E-state index contributed by atoms with van der Waals surface area (Å²) in [6.45, 7) is 0.886. The summed E-state index contributed by atoms with van der Waals surface area (Å²) in [6.07, 6.45) is 5.70. The van der Waals surface area contributed by atoms with Crippen LogP contribution in [0.4, 0.5) is 0 Å². The van der Waals surface area contributed by atoms with Crippen LogP contribution in [0.2, 0.25) is 0 Å². The van der Waals surface area contributed by atoms with Gasteiger partial charge >= 0.3 is 5.97 Å². The van der Waals surface area contributed by atoms with Gasteiger partial charge in [0.25, 0.3) is 0 Å². The molecular weight excluding hydrogens is 190 g/mol. The third-order valence-electron chi connectivity index (χ3n) is 3.43. The van der Waals surface area contributed by atoms with Gasteiger partial charge in [0, 0.05) is 0 Å². The number of hydrogen-bond acceptors (Lipinski definition) is 2. The molecule has 1 aliphatic carbocycles. The molecule has 0 aromatic rings. The monoisotopic (exact) mass is 205 g/mol. The quantitative estimate of drug-likeness (QED) is 0.681. The number of nitrogens with one attached hydrogen (secondary N) is 1. The molecule has 2 fully saturated rings. The average Bonchev–Trinajstić information content (AvgIpc) is 2.61. The van der Waals surface area contributed by atoms with Crippen molar-refractivity contribution in [3.8, 4) is 0 Å². The van der Waals surface area contributed by atoms with E-state index >= 15 is 0 Å². The molecule has 1 saturated carbocycles. The van der Waals surface area contributed by atoms with E-state index in [0.29, 0.717) is 0 Å². The molecular formula is C9H16ClNO2. The lowest BCUT2D eigenvalue weighted by molar-refractivity contribution is -0.141. The summed E-state index contributed by atoms with van der Waals surface area (Å²) < 4.78 is 0. The second-order valence-corrected chi connectivity index (χ2v) is 4.04. The molecule has 1 saturated heterocycles. The van der Waals surface area contributed by atoms with Crippen molar-refractivity contribution < 1.29 is 9.90 Å².